The zero-order valence-electron chi connectivity index (χ0n) is 28.6. The zero-order valence-corrected chi connectivity index (χ0v) is 28.4. The lowest BCUT2D eigenvalue weighted by Gasteiger charge is -2.20. The SMILES string of the molecule is [2H]c1ccc2cc(-c3ccccc3-c3c4ccccc4c(-c4ccc(-c5cccc6sc7c(C)cccc7c56)cc4)c4ccccc34)ccc2c1. The van der Waals surface area contributed by atoms with Gasteiger partial charge in [0.2, 0.25) is 0 Å². The van der Waals surface area contributed by atoms with Crippen molar-refractivity contribution in [3.63, 3.8) is 0 Å². The van der Waals surface area contributed by atoms with Crippen LogP contribution in [-0.2, 0) is 0 Å². The molecular formula is C49H32S. The van der Waals surface area contributed by atoms with E-state index < -0.39 is 0 Å². The minimum atomic E-state index is 0.534. The molecule has 10 rings (SSSR count). The van der Waals surface area contributed by atoms with E-state index in [9.17, 15) is 0 Å². The molecule has 0 saturated heterocycles. The minimum absolute atomic E-state index is 0.534. The molecule has 0 amide bonds. The maximum absolute atomic E-state index is 8.08. The van der Waals surface area contributed by atoms with Crippen molar-refractivity contribution < 1.29 is 1.37 Å². The topological polar surface area (TPSA) is 0 Å². The first-order valence-electron chi connectivity index (χ1n) is 17.7. The quantitative estimate of drug-likeness (QED) is 0.166. The maximum Gasteiger partial charge on any atom is 0.0623 e. The molecule has 1 aromatic heterocycles. The molecule has 9 aromatic carbocycles. The smallest absolute Gasteiger partial charge is 0.0623 e. The molecule has 0 bridgehead atoms. The van der Waals surface area contributed by atoms with Crippen molar-refractivity contribution in [3.05, 3.63) is 181 Å². The van der Waals surface area contributed by atoms with E-state index in [0.717, 1.165) is 10.8 Å². The third-order valence-corrected chi connectivity index (χ3v) is 11.6. The predicted molar refractivity (Wildman–Crippen MR) is 218 cm³/mol. The standard InChI is InChI=1S/C49H32S/c1-31-12-10-22-44-48-38(21-11-23-45(48)50-49(31)44)33-25-27-34(28-26-33)46-40-17-6-8-19-42(40)47(43-20-9-7-18-41(43)46)39-16-5-4-15-37(39)36-29-24-32-13-2-3-14-35(32)30-36/h2-30H,1H3/i2D. The number of hydrogen-bond acceptors (Lipinski definition) is 1. The summed E-state index contributed by atoms with van der Waals surface area (Å²) in [5.41, 5.74) is 11.2. The van der Waals surface area contributed by atoms with Crippen LogP contribution in [0, 0.1) is 6.92 Å². The van der Waals surface area contributed by atoms with Crippen LogP contribution in [-0.4, -0.2) is 0 Å². The molecule has 0 aliphatic carbocycles. The molecule has 234 valence electrons. The summed E-state index contributed by atoms with van der Waals surface area (Å²) < 4.78 is 10.8. The number of aryl methyl sites for hydroxylation is 1. The first-order valence-corrected chi connectivity index (χ1v) is 18.0. The summed E-state index contributed by atoms with van der Waals surface area (Å²) in [4.78, 5) is 0. The first-order chi connectivity index (χ1) is 25.1. The van der Waals surface area contributed by atoms with Crippen LogP contribution in [0.15, 0.2) is 176 Å². The van der Waals surface area contributed by atoms with Crippen LogP contribution >= 0.6 is 11.3 Å². The summed E-state index contributed by atoms with van der Waals surface area (Å²) in [7, 11) is 0. The largest absolute Gasteiger partial charge is 0.135 e. The molecule has 10 aromatic rings. The average Bonchev–Trinajstić information content (AvgIpc) is 3.57. The molecule has 0 saturated carbocycles. The summed E-state index contributed by atoms with van der Waals surface area (Å²) >= 11 is 1.89. The van der Waals surface area contributed by atoms with Crippen LogP contribution in [0.3, 0.4) is 0 Å². The molecule has 0 unspecified atom stereocenters. The average molecular weight is 654 g/mol. The van der Waals surface area contributed by atoms with Crippen LogP contribution in [0.4, 0.5) is 0 Å². The Labute approximate surface area is 296 Å². The molecule has 0 spiro atoms. The molecule has 1 heteroatoms. The second kappa shape index (κ2) is 11.6. The maximum atomic E-state index is 8.08. The Bertz CT molecular complexity index is 2930. The molecular weight excluding hydrogens is 621 g/mol. The molecule has 0 fully saturated rings. The fourth-order valence-electron chi connectivity index (χ4n) is 8.02. The summed E-state index contributed by atoms with van der Waals surface area (Å²) in [6.07, 6.45) is 0. The minimum Gasteiger partial charge on any atom is -0.135 e. The van der Waals surface area contributed by atoms with E-state index in [1.54, 1.807) is 0 Å². The lowest BCUT2D eigenvalue weighted by atomic mass is 9.83. The van der Waals surface area contributed by atoms with Gasteiger partial charge >= 0.3 is 0 Å². The molecule has 0 atom stereocenters. The Morgan fingerprint density at radius 1 is 0.420 bits per heavy atom. The van der Waals surface area contributed by atoms with E-state index >= 15 is 0 Å². The summed E-state index contributed by atoms with van der Waals surface area (Å²) in [5, 5.41) is 9.90. The van der Waals surface area contributed by atoms with Crippen molar-refractivity contribution in [1.29, 1.82) is 0 Å². The van der Waals surface area contributed by atoms with Crippen LogP contribution in [0.2, 0.25) is 0 Å². The molecule has 50 heavy (non-hydrogen) atoms. The van der Waals surface area contributed by atoms with Crippen molar-refractivity contribution in [2.75, 3.05) is 0 Å². The summed E-state index contributed by atoms with van der Waals surface area (Å²) in [6, 6.07) is 62.2. The molecule has 0 aliphatic heterocycles. The Balaban J connectivity index is 1.17. The van der Waals surface area contributed by atoms with Crippen molar-refractivity contribution in [3.8, 4) is 44.5 Å². The van der Waals surface area contributed by atoms with Crippen molar-refractivity contribution in [2.45, 2.75) is 6.92 Å². The first kappa shape index (κ1) is 27.9. The van der Waals surface area contributed by atoms with Gasteiger partial charge in [-0.15, -0.1) is 11.3 Å². The van der Waals surface area contributed by atoms with Crippen molar-refractivity contribution in [1.82, 2.24) is 0 Å². The lowest BCUT2D eigenvalue weighted by Crippen LogP contribution is -1.93. The second-order valence-corrected chi connectivity index (χ2v) is 14.2. The van der Waals surface area contributed by atoms with E-state index in [1.165, 1.54) is 91.8 Å². The van der Waals surface area contributed by atoms with Gasteiger partial charge in [-0.05, 0) is 101 Å². The van der Waals surface area contributed by atoms with Crippen molar-refractivity contribution >= 4 is 63.8 Å². The highest BCUT2D eigenvalue weighted by Crippen LogP contribution is 2.47. The van der Waals surface area contributed by atoms with Gasteiger partial charge in [0.15, 0.2) is 0 Å². The highest BCUT2D eigenvalue weighted by molar-refractivity contribution is 7.26. The molecule has 0 nitrogen and oxygen atoms in total. The Hall–Kier alpha value is -6.02. The summed E-state index contributed by atoms with van der Waals surface area (Å²) in [5.74, 6) is 0. The zero-order chi connectivity index (χ0) is 34.1. The van der Waals surface area contributed by atoms with Gasteiger partial charge in [-0.3, -0.25) is 0 Å². The fourth-order valence-corrected chi connectivity index (χ4v) is 9.22. The number of rotatable bonds is 4. The van der Waals surface area contributed by atoms with Gasteiger partial charge in [0.1, 0.15) is 0 Å². The Kier molecular flexibility index (Phi) is 6.44. The highest BCUT2D eigenvalue weighted by Gasteiger charge is 2.19. The van der Waals surface area contributed by atoms with Crippen LogP contribution in [0.1, 0.15) is 6.93 Å². The van der Waals surface area contributed by atoms with Gasteiger partial charge in [0, 0.05) is 20.2 Å². The molecule has 0 N–H and O–H groups in total. The van der Waals surface area contributed by atoms with E-state index in [2.05, 4.69) is 165 Å². The van der Waals surface area contributed by atoms with Crippen molar-refractivity contribution in [2.24, 2.45) is 0 Å². The van der Waals surface area contributed by atoms with Crippen LogP contribution < -0.4 is 0 Å². The third kappa shape index (κ3) is 4.51. The monoisotopic (exact) mass is 653 g/mol. The van der Waals surface area contributed by atoms with Gasteiger partial charge in [0.05, 0.1) is 1.37 Å². The van der Waals surface area contributed by atoms with Gasteiger partial charge in [0.25, 0.3) is 0 Å². The lowest BCUT2D eigenvalue weighted by molar-refractivity contribution is 1.56. The number of hydrogen-bond donors (Lipinski definition) is 0. The van der Waals surface area contributed by atoms with Gasteiger partial charge in [-0.2, -0.15) is 0 Å². The van der Waals surface area contributed by atoms with Gasteiger partial charge < -0.3 is 0 Å². The van der Waals surface area contributed by atoms with Gasteiger partial charge in [-0.25, -0.2) is 0 Å². The van der Waals surface area contributed by atoms with Crippen LogP contribution in [0.5, 0.6) is 0 Å². The molecule has 0 radical (unpaired) electrons. The Morgan fingerprint density at radius 3 is 1.78 bits per heavy atom. The third-order valence-electron chi connectivity index (χ3n) is 10.3. The van der Waals surface area contributed by atoms with E-state index in [4.69, 9.17) is 1.37 Å². The van der Waals surface area contributed by atoms with E-state index in [-0.39, 0.29) is 0 Å². The van der Waals surface area contributed by atoms with E-state index in [1.807, 2.05) is 23.5 Å². The second-order valence-electron chi connectivity index (χ2n) is 13.2. The highest BCUT2D eigenvalue weighted by atomic mass is 32.1. The molecule has 1 heterocycles. The fraction of sp³-hybridized carbons (Fsp3) is 0.0204. The van der Waals surface area contributed by atoms with E-state index in [0.29, 0.717) is 6.04 Å². The number of thiophene rings is 1. The Morgan fingerprint density at radius 2 is 1.02 bits per heavy atom. The number of benzene rings is 9. The van der Waals surface area contributed by atoms with Gasteiger partial charge in [-0.1, -0.05) is 164 Å². The summed E-state index contributed by atoms with van der Waals surface area (Å²) in [6.45, 7) is 2.21. The van der Waals surface area contributed by atoms with Crippen LogP contribution in [0.25, 0.3) is 97.0 Å². The number of fused-ring (bicyclic) bond motifs is 6. The normalized spacial score (nSPS) is 12.0. The molecule has 0 aliphatic rings. The predicted octanol–water partition coefficient (Wildman–Crippen LogP) is 14.5.